The minimum absolute atomic E-state index is 0. The van der Waals surface area contributed by atoms with Gasteiger partial charge in [0, 0.05) is 16.7 Å². The lowest BCUT2D eigenvalue weighted by molar-refractivity contribution is -0.741. The lowest BCUT2D eigenvalue weighted by Gasteiger charge is -1.96. The first kappa shape index (κ1) is 13.8. The molecule has 0 aliphatic carbocycles. The Morgan fingerprint density at radius 3 is 2.53 bits per heavy atom. The highest BCUT2D eigenvalue weighted by atomic mass is 79.9. The molecule has 2 aromatic rings. The van der Waals surface area contributed by atoms with E-state index in [-0.39, 0.29) is 29.3 Å². The second-order valence-corrected chi connectivity index (χ2v) is 3.76. The fourth-order valence-electron chi connectivity index (χ4n) is 1.33. The van der Waals surface area contributed by atoms with Gasteiger partial charge >= 0.3 is 0 Å². The van der Waals surface area contributed by atoms with Gasteiger partial charge in [-0.25, -0.2) is 0 Å². The summed E-state index contributed by atoms with van der Waals surface area (Å²) in [5.41, 5.74) is 0.641. The van der Waals surface area contributed by atoms with Gasteiger partial charge in [0.2, 0.25) is 12.3 Å². The van der Waals surface area contributed by atoms with Crippen molar-refractivity contribution in [2.75, 3.05) is 0 Å². The first-order valence-corrected chi connectivity index (χ1v) is 5.23. The van der Waals surface area contributed by atoms with Crippen LogP contribution in [0.3, 0.4) is 0 Å². The smallest absolute Gasteiger partial charge is 0.236 e. The molecule has 1 heterocycles. The third kappa shape index (κ3) is 3.91. The number of hydrogen-bond donors (Lipinski definition) is 0. The van der Waals surface area contributed by atoms with Gasteiger partial charge in [0.15, 0.2) is 6.20 Å². The average molecular weight is 315 g/mol. The van der Waals surface area contributed by atoms with Gasteiger partial charge in [-0.05, 0) is 35.4 Å². The van der Waals surface area contributed by atoms with Crippen LogP contribution in [0.1, 0.15) is 10.4 Å². The maximum atomic E-state index is 11.8. The molecule has 0 spiro atoms. The number of benzene rings is 1. The number of carbonyl (C=O) groups excluding carboxylic acids is 1. The molecule has 0 fully saturated rings. The Morgan fingerprint density at radius 1 is 1.24 bits per heavy atom. The highest BCUT2D eigenvalue weighted by Gasteiger charge is 2.12. The summed E-state index contributed by atoms with van der Waals surface area (Å²) in [5.74, 6) is 0.0142. The van der Waals surface area contributed by atoms with E-state index in [0.29, 0.717) is 10.6 Å². The van der Waals surface area contributed by atoms with Crippen LogP contribution in [0.2, 0.25) is 5.02 Å². The zero-order valence-electron chi connectivity index (χ0n) is 8.91. The van der Waals surface area contributed by atoms with Crippen LogP contribution in [0.15, 0.2) is 48.8 Å². The second kappa shape index (κ2) is 6.47. The maximum absolute atomic E-state index is 11.8. The third-order valence-corrected chi connectivity index (χ3v) is 2.39. The van der Waals surface area contributed by atoms with E-state index in [9.17, 15) is 4.79 Å². The summed E-state index contributed by atoms with van der Waals surface area (Å²) in [4.78, 5) is 11.8. The lowest BCUT2D eigenvalue weighted by Crippen LogP contribution is -2.40. The van der Waals surface area contributed by atoms with Crippen molar-refractivity contribution in [3.05, 3.63) is 59.4 Å². The molecule has 1 aromatic carbocycles. The van der Waals surface area contributed by atoms with Crippen molar-refractivity contribution in [2.24, 2.45) is 0 Å². The van der Waals surface area contributed by atoms with Crippen molar-refractivity contribution in [2.45, 2.75) is 6.54 Å². The zero-order chi connectivity index (χ0) is 11.4. The third-order valence-electron chi connectivity index (χ3n) is 2.14. The van der Waals surface area contributed by atoms with Crippen LogP contribution in [0.5, 0.6) is 0 Å². The molecular weight excluding hydrogens is 304 g/mol. The molecule has 0 aliphatic heterocycles. The summed E-state index contributed by atoms with van der Waals surface area (Å²) in [6.07, 6.45) is 3.41. The summed E-state index contributed by atoms with van der Waals surface area (Å²) in [7, 11) is 0. The van der Waals surface area contributed by atoms with E-state index in [1.807, 2.05) is 12.1 Å². The largest absolute Gasteiger partial charge is 0.287 e. The highest BCUT2D eigenvalue weighted by molar-refractivity contribution is 8.93. The molecule has 0 N–H and O–H groups in total. The molecule has 17 heavy (non-hydrogen) atoms. The topological polar surface area (TPSA) is 33.8 Å². The first-order valence-electron chi connectivity index (χ1n) is 4.85. The van der Waals surface area contributed by atoms with Gasteiger partial charge < -0.3 is 0 Å². The average Bonchev–Trinajstić information content (AvgIpc) is 2.31. The highest BCUT2D eigenvalue weighted by Crippen LogP contribution is 2.09. The quantitative estimate of drug-likeness (QED) is 0.644. The molecule has 88 valence electrons. The number of Topliss-reactive ketones (excluding diaryl/α,β-unsaturated/α-hetero) is 1. The fraction of sp³-hybridized carbons (Fsp3) is 0.0833. The number of aromatic nitrogens is 2. The van der Waals surface area contributed by atoms with Crippen molar-refractivity contribution >= 4 is 34.4 Å². The van der Waals surface area contributed by atoms with Crippen LogP contribution >= 0.6 is 28.6 Å². The SMILES string of the molecule is Br.O=C(C[n+]1ccccn1)c1ccc(Cl)cc1. The van der Waals surface area contributed by atoms with Crippen LogP contribution < -0.4 is 4.68 Å². The molecular formula is C12H11BrClN2O+. The van der Waals surface area contributed by atoms with E-state index < -0.39 is 0 Å². The van der Waals surface area contributed by atoms with Gasteiger partial charge in [-0.3, -0.25) is 4.79 Å². The molecule has 0 bridgehead atoms. The fourth-order valence-corrected chi connectivity index (χ4v) is 1.46. The Labute approximate surface area is 115 Å². The Kier molecular flexibility index (Phi) is 5.25. The van der Waals surface area contributed by atoms with Gasteiger partial charge in [-0.15, -0.1) is 17.0 Å². The predicted octanol–water partition coefficient (Wildman–Crippen LogP) is 2.48. The molecule has 0 aliphatic rings. The van der Waals surface area contributed by atoms with Crippen LogP contribution in [-0.2, 0) is 6.54 Å². The number of nitrogens with zero attached hydrogens (tertiary/aromatic N) is 2. The van der Waals surface area contributed by atoms with Crippen molar-refractivity contribution in [1.82, 2.24) is 5.10 Å². The monoisotopic (exact) mass is 313 g/mol. The minimum atomic E-state index is 0. The Hall–Kier alpha value is -1.26. The molecule has 3 nitrogen and oxygen atoms in total. The Bertz CT molecular complexity index is 488. The summed E-state index contributed by atoms with van der Waals surface area (Å²) in [6.45, 7) is 0.239. The number of rotatable bonds is 3. The molecule has 0 saturated heterocycles. The molecule has 0 atom stereocenters. The summed E-state index contributed by atoms with van der Waals surface area (Å²) >= 11 is 5.75. The second-order valence-electron chi connectivity index (χ2n) is 3.33. The van der Waals surface area contributed by atoms with Crippen molar-refractivity contribution in [1.29, 1.82) is 0 Å². The summed E-state index contributed by atoms with van der Waals surface area (Å²) < 4.78 is 1.59. The van der Waals surface area contributed by atoms with E-state index >= 15 is 0 Å². The van der Waals surface area contributed by atoms with Gasteiger partial charge in [0.1, 0.15) is 0 Å². The van der Waals surface area contributed by atoms with Gasteiger partial charge in [0.25, 0.3) is 0 Å². The standard InChI is InChI=1S/C12H10ClN2O.BrH/c13-11-5-3-10(4-6-11)12(16)9-15-8-2-1-7-14-15;/h1-8H,9H2;1H/q+1;. The summed E-state index contributed by atoms with van der Waals surface area (Å²) in [6, 6.07) is 10.5. The molecule has 1 aromatic heterocycles. The molecule has 0 unspecified atom stereocenters. The van der Waals surface area contributed by atoms with E-state index in [1.165, 1.54) is 0 Å². The number of carbonyl (C=O) groups is 1. The lowest BCUT2D eigenvalue weighted by atomic mass is 10.1. The van der Waals surface area contributed by atoms with Crippen molar-refractivity contribution in [3.63, 3.8) is 0 Å². The first-order chi connectivity index (χ1) is 7.75. The van der Waals surface area contributed by atoms with Gasteiger partial charge in [0.05, 0.1) is 6.20 Å². The van der Waals surface area contributed by atoms with Crippen molar-refractivity contribution in [3.8, 4) is 0 Å². The molecule has 2 rings (SSSR count). The van der Waals surface area contributed by atoms with Crippen LogP contribution in [-0.4, -0.2) is 10.9 Å². The van der Waals surface area contributed by atoms with Crippen molar-refractivity contribution < 1.29 is 9.48 Å². The molecule has 0 amide bonds. The predicted molar refractivity (Wildman–Crippen MR) is 70.5 cm³/mol. The van der Waals surface area contributed by atoms with E-state index in [1.54, 1.807) is 41.3 Å². The van der Waals surface area contributed by atoms with Gasteiger partial charge in [-0.1, -0.05) is 16.3 Å². The van der Waals surface area contributed by atoms with E-state index in [0.717, 1.165) is 0 Å². The number of hydrogen-bond acceptors (Lipinski definition) is 2. The molecule has 0 saturated carbocycles. The molecule has 5 heteroatoms. The van der Waals surface area contributed by atoms with Crippen LogP contribution in [0, 0.1) is 0 Å². The van der Waals surface area contributed by atoms with Gasteiger partial charge in [-0.2, -0.15) is 0 Å². The van der Waals surface area contributed by atoms with Crippen LogP contribution in [0.4, 0.5) is 0 Å². The minimum Gasteiger partial charge on any atom is -0.287 e. The van der Waals surface area contributed by atoms with E-state index in [2.05, 4.69) is 5.10 Å². The number of ketones is 1. The Morgan fingerprint density at radius 2 is 1.94 bits per heavy atom. The molecule has 0 radical (unpaired) electrons. The zero-order valence-corrected chi connectivity index (χ0v) is 11.4. The maximum Gasteiger partial charge on any atom is 0.236 e. The normalized spacial score (nSPS) is 9.47. The summed E-state index contributed by atoms with van der Waals surface area (Å²) in [5, 5.41) is 4.66. The van der Waals surface area contributed by atoms with E-state index in [4.69, 9.17) is 11.6 Å². The number of halogens is 2. The van der Waals surface area contributed by atoms with Crippen LogP contribution in [0.25, 0.3) is 0 Å². The Balaban J connectivity index is 0.00000144.